The van der Waals surface area contributed by atoms with Crippen molar-refractivity contribution in [2.24, 2.45) is 0 Å². The first-order chi connectivity index (χ1) is 16.6. The van der Waals surface area contributed by atoms with Crippen molar-refractivity contribution in [1.82, 2.24) is 0 Å². The SMILES string of the molecule is COc1ccc([N+](=O)[O-])cc1NC(=O)/C(C#N)=C/c1ccccc1OS(=O)(=O)c1ccc(C)cc1. The maximum Gasteiger partial charge on any atom is 0.339 e. The number of aryl methyl sites for hydroxylation is 1. The van der Waals surface area contributed by atoms with Crippen LogP contribution in [0.25, 0.3) is 6.08 Å². The van der Waals surface area contributed by atoms with Crippen molar-refractivity contribution >= 4 is 33.5 Å². The summed E-state index contributed by atoms with van der Waals surface area (Å²) in [6.45, 7) is 1.81. The number of carbonyl (C=O) groups is 1. The van der Waals surface area contributed by atoms with E-state index in [0.29, 0.717) is 0 Å². The largest absolute Gasteiger partial charge is 0.495 e. The zero-order valence-electron chi connectivity index (χ0n) is 18.6. The van der Waals surface area contributed by atoms with Crippen LogP contribution in [0.3, 0.4) is 0 Å². The number of amides is 1. The second kappa shape index (κ2) is 10.5. The Morgan fingerprint density at radius 1 is 1.09 bits per heavy atom. The lowest BCUT2D eigenvalue weighted by molar-refractivity contribution is -0.384. The van der Waals surface area contributed by atoms with Gasteiger partial charge >= 0.3 is 10.1 Å². The fourth-order valence-electron chi connectivity index (χ4n) is 2.95. The zero-order chi connectivity index (χ0) is 25.6. The third kappa shape index (κ3) is 6.01. The standard InChI is InChI=1S/C24H19N3O7S/c1-16-7-10-20(11-8-16)35(31,32)34-22-6-4-3-5-17(22)13-18(15-25)24(28)26-21-14-19(27(29)30)9-12-23(21)33-2/h3-14H,1-2H3,(H,26,28)/b18-13+. The Bertz CT molecular complexity index is 1460. The molecule has 3 aromatic carbocycles. The molecular weight excluding hydrogens is 474 g/mol. The molecule has 0 heterocycles. The minimum atomic E-state index is -4.18. The number of carbonyl (C=O) groups excluding carboxylic acids is 1. The topological polar surface area (TPSA) is 149 Å². The summed E-state index contributed by atoms with van der Waals surface area (Å²) in [6, 6.07) is 17.4. The number of nitrogens with one attached hydrogen (secondary N) is 1. The van der Waals surface area contributed by atoms with E-state index in [-0.39, 0.29) is 33.3 Å². The maximum atomic E-state index is 12.8. The minimum absolute atomic E-state index is 0.0145. The monoisotopic (exact) mass is 493 g/mol. The van der Waals surface area contributed by atoms with Crippen molar-refractivity contribution in [2.75, 3.05) is 12.4 Å². The Kier molecular flexibility index (Phi) is 7.48. The number of para-hydroxylation sites is 1. The molecule has 0 atom stereocenters. The van der Waals surface area contributed by atoms with E-state index in [1.54, 1.807) is 24.3 Å². The van der Waals surface area contributed by atoms with E-state index < -0.39 is 26.5 Å². The molecule has 0 bridgehead atoms. The van der Waals surface area contributed by atoms with Crippen LogP contribution < -0.4 is 14.2 Å². The van der Waals surface area contributed by atoms with Crippen molar-refractivity contribution in [2.45, 2.75) is 11.8 Å². The fraction of sp³-hybridized carbons (Fsp3) is 0.0833. The molecule has 0 aliphatic carbocycles. The number of nitrogens with zero attached hydrogens (tertiary/aromatic N) is 2. The molecule has 35 heavy (non-hydrogen) atoms. The molecule has 11 heteroatoms. The molecule has 0 radical (unpaired) electrons. The Labute approximate surface area is 201 Å². The van der Waals surface area contributed by atoms with E-state index in [0.717, 1.165) is 17.7 Å². The van der Waals surface area contributed by atoms with E-state index in [1.807, 2.05) is 6.92 Å². The Morgan fingerprint density at radius 3 is 2.40 bits per heavy atom. The summed E-state index contributed by atoms with van der Waals surface area (Å²) in [5.74, 6) is -0.835. The van der Waals surface area contributed by atoms with Gasteiger partial charge in [-0.15, -0.1) is 0 Å². The number of methoxy groups -OCH3 is 1. The predicted octanol–water partition coefficient (Wildman–Crippen LogP) is 4.23. The van der Waals surface area contributed by atoms with Crippen LogP contribution in [0.4, 0.5) is 11.4 Å². The summed E-state index contributed by atoms with van der Waals surface area (Å²) >= 11 is 0. The van der Waals surface area contributed by atoms with E-state index >= 15 is 0 Å². The highest BCUT2D eigenvalue weighted by Crippen LogP contribution is 2.30. The number of ether oxygens (including phenoxy) is 1. The number of nitro benzene ring substituents is 1. The van der Waals surface area contributed by atoms with Crippen LogP contribution in [-0.2, 0) is 14.9 Å². The second-order valence-electron chi connectivity index (χ2n) is 7.15. The zero-order valence-corrected chi connectivity index (χ0v) is 19.4. The van der Waals surface area contributed by atoms with Crippen LogP contribution in [0.5, 0.6) is 11.5 Å². The van der Waals surface area contributed by atoms with Gasteiger partial charge in [0.1, 0.15) is 28.0 Å². The highest BCUT2D eigenvalue weighted by molar-refractivity contribution is 7.87. The average Bonchev–Trinajstić information content (AvgIpc) is 2.83. The van der Waals surface area contributed by atoms with Gasteiger partial charge in [0.25, 0.3) is 11.6 Å². The van der Waals surface area contributed by atoms with Gasteiger partial charge in [-0.3, -0.25) is 14.9 Å². The van der Waals surface area contributed by atoms with E-state index in [1.165, 1.54) is 49.6 Å². The van der Waals surface area contributed by atoms with Gasteiger partial charge in [0.2, 0.25) is 0 Å². The molecule has 0 saturated heterocycles. The quantitative estimate of drug-likeness (QED) is 0.161. The van der Waals surface area contributed by atoms with Crippen molar-refractivity contribution in [1.29, 1.82) is 5.26 Å². The van der Waals surface area contributed by atoms with E-state index in [9.17, 15) is 28.6 Å². The molecule has 0 spiro atoms. The van der Waals surface area contributed by atoms with Crippen LogP contribution in [-0.4, -0.2) is 26.4 Å². The van der Waals surface area contributed by atoms with Gasteiger partial charge in [-0.05, 0) is 37.3 Å². The smallest absolute Gasteiger partial charge is 0.339 e. The fourth-order valence-corrected chi connectivity index (χ4v) is 3.90. The van der Waals surface area contributed by atoms with Crippen LogP contribution in [0.15, 0.2) is 77.2 Å². The lowest BCUT2D eigenvalue weighted by atomic mass is 10.1. The molecule has 3 rings (SSSR count). The molecule has 10 nitrogen and oxygen atoms in total. The van der Waals surface area contributed by atoms with Crippen LogP contribution in [0, 0.1) is 28.4 Å². The first kappa shape index (κ1) is 24.9. The highest BCUT2D eigenvalue weighted by Gasteiger charge is 2.20. The average molecular weight is 493 g/mol. The number of hydrogen-bond acceptors (Lipinski definition) is 8. The molecule has 0 saturated carbocycles. The molecule has 1 amide bonds. The van der Waals surface area contributed by atoms with Crippen LogP contribution in [0.2, 0.25) is 0 Å². The maximum absolute atomic E-state index is 12.8. The van der Waals surface area contributed by atoms with Gasteiger partial charge in [0, 0.05) is 17.7 Å². The first-order valence-corrected chi connectivity index (χ1v) is 11.4. The summed E-state index contributed by atoms with van der Waals surface area (Å²) < 4.78 is 35.8. The molecule has 0 fully saturated rings. The third-order valence-corrected chi connectivity index (χ3v) is 5.98. The number of hydrogen-bond donors (Lipinski definition) is 1. The summed E-state index contributed by atoms with van der Waals surface area (Å²) in [7, 11) is -2.86. The number of benzene rings is 3. The molecular formula is C24H19N3O7S. The van der Waals surface area contributed by atoms with Gasteiger partial charge in [0.15, 0.2) is 0 Å². The third-order valence-electron chi connectivity index (χ3n) is 4.74. The first-order valence-electron chi connectivity index (χ1n) is 10.0. The highest BCUT2D eigenvalue weighted by atomic mass is 32.2. The number of anilines is 1. The Morgan fingerprint density at radius 2 is 1.77 bits per heavy atom. The Hall–Kier alpha value is -4.69. The second-order valence-corrected chi connectivity index (χ2v) is 8.70. The normalized spacial score (nSPS) is 11.3. The van der Waals surface area contributed by atoms with E-state index in [2.05, 4.69) is 5.32 Å². The molecule has 0 aromatic heterocycles. The van der Waals surface area contributed by atoms with Gasteiger partial charge in [-0.25, -0.2) is 0 Å². The van der Waals surface area contributed by atoms with Gasteiger partial charge in [-0.2, -0.15) is 13.7 Å². The van der Waals surface area contributed by atoms with Crippen molar-refractivity contribution in [3.8, 4) is 17.6 Å². The summed E-state index contributed by atoms with van der Waals surface area (Å²) in [6.07, 6.45) is 1.15. The predicted molar refractivity (Wildman–Crippen MR) is 127 cm³/mol. The molecule has 0 unspecified atom stereocenters. The Balaban J connectivity index is 1.92. The van der Waals surface area contributed by atoms with Crippen LogP contribution >= 0.6 is 0 Å². The van der Waals surface area contributed by atoms with Gasteiger partial charge < -0.3 is 14.2 Å². The number of non-ortho nitro benzene ring substituents is 1. The van der Waals surface area contributed by atoms with Gasteiger partial charge in [-0.1, -0.05) is 35.9 Å². The molecule has 3 aromatic rings. The number of nitriles is 1. The van der Waals surface area contributed by atoms with Crippen molar-refractivity contribution in [3.63, 3.8) is 0 Å². The molecule has 0 aliphatic heterocycles. The lowest BCUT2D eigenvalue weighted by Crippen LogP contribution is -2.14. The summed E-state index contributed by atoms with van der Waals surface area (Å²) in [5, 5.41) is 23.0. The molecule has 178 valence electrons. The number of nitro groups is 1. The van der Waals surface area contributed by atoms with Gasteiger partial charge in [0.05, 0.1) is 17.7 Å². The molecule has 1 N–H and O–H groups in total. The van der Waals surface area contributed by atoms with Crippen molar-refractivity contribution in [3.05, 3.63) is 93.5 Å². The number of rotatable bonds is 8. The van der Waals surface area contributed by atoms with Crippen molar-refractivity contribution < 1.29 is 27.1 Å². The molecule has 0 aliphatic rings. The summed E-state index contributed by atoms with van der Waals surface area (Å²) in [5.41, 5.74) is 0.323. The minimum Gasteiger partial charge on any atom is -0.495 e. The van der Waals surface area contributed by atoms with Crippen LogP contribution in [0.1, 0.15) is 11.1 Å². The summed E-state index contributed by atoms with van der Waals surface area (Å²) in [4.78, 5) is 23.1. The lowest BCUT2D eigenvalue weighted by Gasteiger charge is -2.11. The van der Waals surface area contributed by atoms with E-state index in [4.69, 9.17) is 8.92 Å².